The molecule has 0 radical (unpaired) electrons. The number of carbonyl (C=O) groups excluding carboxylic acids is 3. The van der Waals surface area contributed by atoms with Crippen LogP contribution in [0.5, 0.6) is 0 Å². The minimum Gasteiger partial charge on any atom is -0.545 e. The van der Waals surface area contributed by atoms with Gasteiger partial charge in [-0.3, -0.25) is 9.59 Å². The monoisotopic (exact) mass is 1350 g/mol. The number of quaternary nitrogens is 1. The fraction of sp³-hybridized carbons (Fsp3) is 0.693. The summed E-state index contributed by atoms with van der Waals surface area (Å²) in [5, 5.41) is 11.9. The molecule has 554 valence electrons. The van der Waals surface area contributed by atoms with Crippen LogP contribution in [0.25, 0.3) is 0 Å². The number of aliphatic carboxylic acids is 1. The third-order valence-electron chi connectivity index (χ3n) is 17.1. The van der Waals surface area contributed by atoms with Crippen molar-refractivity contribution >= 4 is 17.9 Å². The van der Waals surface area contributed by atoms with Gasteiger partial charge in [-0.05, 0) is 103 Å². The average Bonchev–Trinajstić information content (AvgIpc) is 3.27. The zero-order valence-electron chi connectivity index (χ0n) is 63.4. The van der Waals surface area contributed by atoms with Crippen LogP contribution >= 0.6 is 0 Å². The van der Waals surface area contributed by atoms with Crippen LogP contribution in [0, 0.1) is 0 Å². The number of unbranched alkanes of at least 4 members (excludes halogenated alkanes) is 34. The Morgan fingerprint density at radius 1 is 0.320 bits per heavy atom. The van der Waals surface area contributed by atoms with Gasteiger partial charge >= 0.3 is 11.9 Å². The van der Waals surface area contributed by atoms with Crippen molar-refractivity contribution in [3.63, 3.8) is 0 Å². The Labute approximate surface area is 598 Å². The maximum Gasteiger partial charge on any atom is 0.306 e. The minimum absolute atomic E-state index is 0.137. The Morgan fingerprint density at radius 2 is 0.588 bits per heavy atom. The molecule has 0 aromatic rings. The van der Waals surface area contributed by atoms with Gasteiger partial charge in [-0.25, -0.2) is 0 Å². The second-order valence-corrected chi connectivity index (χ2v) is 27.6. The van der Waals surface area contributed by atoms with Crippen LogP contribution in [0.15, 0.2) is 146 Å². The van der Waals surface area contributed by atoms with E-state index in [1.165, 1.54) is 180 Å². The number of nitrogens with zero attached hydrogens (tertiary/aromatic N) is 1. The first kappa shape index (κ1) is 92.2. The summed E-state index contributed by atoms with van der Waals surface area (Å²) in [6.07, 6.45) is 110. The van der Waals surface area contributed by atoms with Crippen molar-refractivity contribution in [3.05, 3.63) is 146 Å². The molecular formula is C88H149NO8. The number of rotatable bonds is 73. The second kappa shape index (κ2) is 76.9. The summed E-state index contributed by atoms with van der Waals surface area (Å²) in [4.78, 5) is 37.6. The second-order valence-electron chi connectivity index (χ2n) is 27.6. The number of allylic oxidation sites excluding steroid dienone is 24. The predicted octanol–water partition coefficient (Wildman–Crippen LogP) is 24.5. The first-order valence-electron chi connectivity index (χ1n) is 40.0. The van der Waals surface area contributed by atoms with Crippen LogP contribution in [-0.4, -0.2) is 82.3 Å². The number of ether oxygens (including phenoxy) is 4. The molecule has 0 bridgehead atoms. The van der Waals surface area contributed by atoms with Gasteiger partial charge in [0.1, 0.15) is 13.2 Å². The Kier molecular flexibility index (Phi) is 73.1. The van der Waals surface area contributed by atoms with E-state index in [2.05, 4.69) is 160 Å². The average molecular weight is 1350 g/mol. The molecule has 97 heavy (non-hydrogen) atoms. The molecular weight excluding hydrogens is 1200 g/mol. The van der Waals surface area contributed by atoms with Crippen LogP contribution in [0.3, 0.4) is 0 Å². The normalized spacial score (nSPS) is 13.5. The van der Waals surface area contributed by atoms with Crippen molar-refractivity contribution in [1.82, 2.24) is 0 Å². The quantitative estimate of drug-likeness (QED) is 0.0195. The fourth-order valence-electron chi connectivity index (χ4n) is 11.1. The Bertz CT molecular complexity index is 2110. The molecule has 0 aliphatic carbocycles. The summed E-state index contributed by atoms with van der Waals surface area (Å²) in [7, 11) is 5.92. The SMILES string of the molecule is CC/C=C\C/C=C\C/C=C\C/C=C\C/C=C\C/C=C\C/C=C\C/C=C\C/C=C\C/C=C\C/C=C\C/C=C\CCCCCCC(=O)OC(COC(=O)CCCCCCCCCCCCCCCCCCCCCCCCCCCCCCCCC)COC(OCC[N+](C)(C)C)C(=O)[O-]. The van der Waals surface area contributed by atoms with Gasteiger partial charge in [0.25, 0.3) is 0 Å². The summed E-state index contributed by atoms with van der Waals surface area (Å²) in [6.45, 7) is 4.63. The molecule has 9 nitrogen and oxygen atoms in total. The molecule has 0 saturated heterocycles. The van der Waals surface area contributed by atoms with Crippen LogP contribution < -0.4 is 5.11 Å². The van der Waals surface area contributed by atoms with Crippen molar-refractivity contribution in [2.24, 2.45) is 0 Å². The summed E-state index contributed by atoms with van der Waals surface area (Å²) in [5.74, 6) is -2.31. The molecule has 0 saturated carbocycles. The number of carbonyl (C=O) groups is 3. The maximum absolute atomic E-state index is 13.0. The van der Waals surface area contributed by atoms with E-state index in [0.717, 1.165) is 122 Å². The van der Waals surface area contributed by atoms with Gasteiger partial charge in [0.15, 0.2) is 12.4 Å². The number of likely N-dealkylation sites (N-methyl/N-ethyl adjacent to an activating group) is 1. The first-order valence-corrected chi connectivity index (χ1v) is 40.0. The lowest BCUT2D eigenvalue weighted by molar-refractivity contribution is -0.870. The van der Waals surface area contributed by atoms with Crippen LogP contribution in [0.2, 0.25) is 0 Å². The van der Waals surface area contributed by atoms with E-state index in [1.54, 1.807) is 0 Å². The molecule has 0 aliphatic heterocycles. The van der Waals surface area contributed by atoms with Gasteiger partial charge in [-0.15, -0.1) is 0 Å². The van der Waals surface area contributed by atoms with Gasteiger partial charge in [-0.2, -0.15) is 0 Å². The van der Waals surface area contributed by atoms with Crippen LogP contribution in [0.4, 0.5) is 0 Å². The largest absolute Gasteiger partial charge is 0.545 e. The van der Waals surface area contributed by atoms with Gasteiger partial charge in [0, 0.05) is 12.8 Å². The van der Waals surface area contributed by atoms with Crippen molar-refractivity contribution in [1.29, 1.82) is 0 Å². The van der Waals surface area contributed by atoms with Crippen LogP contribution in [0.1, 0.15) is 335 Å². The molecule has 0 N–H and O–H groups in total. The molecule has 0 heterocycles. The summed E-state index contributed by atoms with van der Waals surface area (Å²) < 4.78 is 22.8. The standard InChI is InChI=1S/C88H149NO8/c1-6-8-10-12-14-16-18-20-22-24-26-28-30-32-34-36-38-39-40-41-42-43-44-45-46-47-49-51-53-55-57-59-61-63-65-67-69-71-73-75-77-79-86(91)97-84(83-96-88(87(92)93)94-81-80-89(3,4)5)82-95-85(90)78-76-74-72-70-68-66-64-62-60-58-56-54-52-50-48-37-35-33-31-29-27-25-23-21-19-17-15-13-11-9-7-2/h8,10,14,16,20,22,26,28,32,34,38-39,41-42,44-45,47,49,53,55,59,61,65,67,84,88H,6-7,9,11-13,15,17-19,21,23-25,27,29-31,33,35-37,40,43,46,48,50-52,54,56-58,60,62-64,66,68-83H2,1-5H3/b10-8-,16-14-,22-20-,28-26-,34-32-,39-38-,42-41-,45-44-,49-47-,55-53-,61-59-,67-65-. The zero-order valence-corrected chi connectivity index (χ0v) is 63.4. The van der Waals surface area contributed by atoms with Crippen molar-refractivity contribution in [3.8, 4) is 0 Å². The molecule has 9 heteroatoms. The van der Waals surface area contributed by atoms with Crippen LogP contribution in [-0.2, 0) is 33.3 Å². The number of hydrogen-bond acceptors (Lipinski definition) is 8. The van der Waals surface area contributed by atoms with Crippen molar-refractivity contribution in [2.45, 2.75) is 347 Å². The zero-order chi connectivity index (χ0) is 70.4. The van der Waals surface area contributed by atoms with E-state index < -0.39 is 24.3 Å². The highest BCUT2D eigenvalue weighted by molar-refractivity contribution is 5.70. The minimum atomic E-state index is -1.64. The maximum atomic E-state index is 13.0. The summed E-state index contributed by atoms with van der Waals surface area (Å²) >= 11 is 0. The van der Waals surface area contributed by atoms with E-state index in [0.29, 0.717) is 17.4 Å². The van der Waals surface area contributed by atoms with E-state index in [9.17, 15) is 19.5 Å². The lowest BCUT2D eigenvalue weighted by atomic mass is 10.0. The molecule has 0 spiro atoms. The van der Waals surface area contributed by atoms with Gasteiger partial charge in [-0.1, -0.05) is 365 Å². The third kappa shape index (κ3) is 78.4. The Balaban J connectivity index is 4.15. The van der Waals surface area contributed by atoms with Gasteiger partial charge in [0.05, 0.1) is 40.3 Å². The molecule has 2 atom stereocenters. The van der Waals surface area contributed by atoms with Gasteiger partial charge < -0.3 is 33.3 Å². The summed E-state index contributed by atoms with van der Waals surface area (Å²) in [6, 6.07) is 0. The predicted molar refractivity (Wildman–Crippen MR) is 416 cm³/mol. The third-order valence-corrected chi connectivity index (χ3v) is 17.1. The smallest absolute Gasteiger partial charge is 0.306 e. The number of carboxylic acids is 1. The molecule has 0 aliphatic rings. The molecule has 0 aromatic heterocycles. The summed E-state index contributed by atoms with van der Waals surface area (Å²) in [5.41, 5.74) is 0. The Hall–Kier alpha value is -4.83. The van der Waals surface area contributed by atoms with Crippen molar-refractivity contribution < 1.29 is 42.9 Å². The molecule has 0 amide bonds. The van der Waals surface area contributed by atoms with E-state index in [4.69, 9.17) is 18.9 Å². The van der Waals surface area contributed by atoms with E-state index in [-0.39, 0.29) is 38.6 Å². The first-order chi connectivity index (χ1) is 47.6. The number of hydrogen-bond donors (Lipinski definition) is 0. The van der Waals surface area contributed by atoms with E-state index in [1.807, 2.05) is 21.1 Å². The molecule has 0 aromatic carbocycles. The topological polar surface area (TPSA) is 111 Å². The molecule has 0 fully saturated rings. The number of esters is 2. The van der Waals surface area contributed by atoms with Crippen molar-refractivity contribution in [2.75, 3.05) is 47.5 Å². The highest BCUT2D eigenvalue weighted by atomic mass is 16.7. The van der Waals surface area contributed by atoms with Gasteiger partial charge in [0.2, 0.25) is 0 Å². The highest BCUT2D eigenvalue weighted by Crippen LogP contribution is 2.18. The lowest BCUT2D eigenvalue weighted by Crippen LogP contribution is -2.44. The lowest BCUT2D eigenvalue weighted by Gasteiger charge is -2.26. The van der Waals surface area contributed by atoms with E-state index >= 15 is 0 Å². The number of carboxylic acid groups (broad SMARTS) is 1. The molecule has 2 unspecified atom stereocenters. The molecule has 0 rings (SSSR count). The fourth-order valence-corrected chi connectivity index (χ4v) is 11.1. The highest BCUT2D eigenvalue weighted by Gasteiger charge is 2.22. The Morgan fingerprint density at radius 3 is 0.876 bits per heavy atom.